The van der Waals surface area contributed by atoms with Gasteiger partial charge in [0.15, 0.2) is 0 Å². The van der Waals surface area contributed by atoms with Crippen LogP contribution >= 0.6 is 0 Å². The van der Waals surface area contributed by atoms with E-state index in [1.807, 2.05) is 0 Å². The molecule has 1 atom stereocenters. The summed E-state index contributed by atoms with van der Waals surface area (Å²) in [6.07, 6.45) is -0.622. The molecule has 82 valence electrons. The first-order chi connectivity index (χ1) is 6.72. The highest BCUT2D eigenvalue weighted by Gasteiger charge is 2.19. The van der Waals surface area contributed by atoms with Gasteiger partial charge < -0.3 is 19.9 Å². The van der Waals surface area contributed by atoms with Gasteiger partial charge in [-0.1, -0.05) is 0 Å². The molecule has 5 heteroatoms. The van der Waals surface area contributed by atoms with E-state index in [1.165, 1.54) is 0 Å². The number of hydrogen-bond donors (Lipinski definition) is 2. The molecule has 2 N–H and O–H groups in total. The lowest BCUT2D eigenvalue weighted by molar-refractivity contribution is -0.145. The van der Waals surface area contributed by atoms with Gasteiger partial charge >= 0.3 is 5.97 Å². The number of aliphatic hydroxyl groups is 1. The molecule has 1 fully saturated rings. The van der Waals surface area contributed by atoms with E-state index in [2.05, 4.69) is 5.32 Å². The molecule has 0 aromatic carbocycles. The molecule has 1 unspecified atom stereocenters. The van der Waals surface area contributed by atoms with Gasteiger partial charge in [0, 0.05) is 6.54 Å². The maximum atomic E-state index is 10.9. The molecule has 0 spiro atoms. The molecule has 1 heterocycles. The number of rotatable bonds is 6. The fourth-order valence-corrected chi connectivity index (χ4v) is 1.14. The topological polar surface area (TPSA) is 67.8 Å². The van der Waals surface area contributed by atoms with Crippen molar-refractivity contribution in [2.75, 3.05) is 26.4 Å². The highest BCUT2D eigenvalue weighted by molar-refractivity contribution is 5.69. The molecule has 1 aliphatic heterocycles. The predicted octanol–water partition coefficient (Wildman–Crippen LogP) is -0.711. The average molecular weight is 203 g/mol. The first-order valence-corrected chi connectivity index (χ1v) is 4.87. The molecular formula is C9H17NO4. The normalized spacial score (nSPS) is 18.7. The van der Waals surface area contributed by atoms with Gasteiger partial charge in [-0.3, -0.25) is 4.79 Å². The summed E-state index contributed by atoms with van der Waals surface area (Å²) in [5.41, 5.74) is 0. The Kier molecular flexibility index (Phi) is 4.86. The van der Waals surface area contributed by atoms with Gasteiger partial charge in [-0.15, -0.1) is 0 Å². The average Bonchev–Trinajstić information content (AvgIpc) is 2.01. The van der Waals surface area contributed by atoms with E-state index in [-0.39, 0.29) is 12.4 Å². The molecule has 0 aromatic heterocycles. The van der Waals surface area contributed by atoms with Gasteiger partial charge in [-0.2, -0.15) is 0 Å². The smallest absolute Gasteiger partial charge is 0.308 e. The van der Waals surface area contributed by atoms with Crippen LogP contribution in [0.3, 0.4) is 0 Å². The van der Waals surface area contributed by atoms with Crippen LogP contribution < -0.4 is 5.32 Å². The summed E-state index contributed by atoms with van der Waals surface area (Å²) in [5.74, 6) is -0.355. The van der Waals surface area contributed by atoms with E-state index in [4.69, 9.17) is 9.47 Å². The maximum absolute atomic E-state index is 10.9. The molecule has 0 aromatic rings. The Morgan fingerprint density at radius 3 is 2.93 bits per heavy atom. The largest absolute Gasteiger partial charge is 0.466 e. The molecule has 0 radical (unpaired) electrons. The number of carbonyl (C=O) groups excluding carboxylic acids is 1. The lowest BCUT2D eigenvalue weighted by Crippen LogP contribution is -2.48. The molecule has 0 bridgehead atoms. The Morgan fingerprint density at radius 1 is 1.71 bits per heavy atom. The van der Waals surface area contributed by atoms with Crippen LogP contribution in [0.15, 0.2) is 0 Å². The van der Waals surface area contributed by atoms with Crippen LogP contribution in [0, 0.1) is 0 Å². The Morgan fingerprint density at radius 2 is 2.43 bits per heavy atom. The van der Waals surface area contributed by atoms with Crippen molar-refractivity contribution in [1.82, 2.24) is 5.32 Å². The van der Waals surface area contributed by atoms with Crippen molar-refractivity contribution in [3.05, 3.63) is 0 Å². The lowest BCUT2D eigenvalue weighted by Gasteiger charge is -2.27. The van der Waals surface area contributed by atoms with Crippen molar-refractivity contribution >= 4 is 5.97 Å². The second kappa shape index (κ2) is 5.95. The van der Waals surface area contributed by atoms with Crippen LogP contribution in [-0.2, 0) is 14.3 Å². The highest BCUT2D eigenvalue weighted by Crippen LogP contribution is 2.00. The van der Waals surface area contributed by atoms with Gasteiger partial charge in [0.2, 0.25) is 0 Å². The maximum Gasteiger partial charge on any atom is 0.308 e. The summed E-state index contributed by atoms with van der Waals surface area (Å²) >= 11 is 0. The predicted molar refractivity (Wildman–Crippen MR) is 49.9 cm³/mol. The zero-order valence-corrected chi connectivity index (χ0v) is 8.36. The molecule has 1 aliphatic rings. The SMILES string of the molecule is CCOC(=O)CC(O)CNC1COC1. The van der Waals surface area contributed by atoms with Crippen LogP contribution in [0.2, 0.25) is 0 Å². The number of nitrogens with one attached hydrogen (secondary N) is 1. The zero-order valence-electron chi connectivity index (χ0n) is 8.36. The third-order valence-electron chi connectivity index (χ3n) is 1.99. The van der Waals surface area contributed by atoms with Crippen molar-refractivity contribution in [2.24, 2.45) is 0 Å². The van der Waals surface area contributed by atoms with Crippen molar-refractivity contribution in [1.29, 1.82) is 0 Å². The van der Waals surface area contributed by atoms with Crippen molar-refractivity contribution in [2.45, 2.75) is 25.5 Å². The molecule has 0 aliphatic carbocycles. The molecule has 0 saturated carbocycles. The Balaban J connectivity index is 2.02. The van der Waals surface area contributed by atoms with Crippen LogP contribution in [0.4, 0.5) is 0 Å². The Hall–Kier alpha value is -0.650. The molecule has 1 saturated heterocycles. The summed E-state index contributed by atoms with van der Waals surface area (Å²) in [6.45, 7) is 3.88. The van der Waals surface area contributed by atoms with E-state index in [1.54, 1.807) is 6.92 Å². The summed E-state index contributed by atoms with van der Waals surface area (Å²) in [6, 6.07) is 0.326. The fourth-order valence-electron chi connectivity index (χ4n) is 1.14. The van der Waals surface area contributed by atoms with Gasteiger partial charge in [-0.25, -0.2) is 0 Å². The first-order valence-electron chi connectivity index (χ1n) is 4.87. The second-order valence-electron chi connectivity index (χ2n) is 3.31. The first kappa shape index (κ1) is 11.4. The minimum absolute atomic E-state index is 0.0500. The number of esters is 1. The van der Waals surface area contributed by atoms with Crippen LogP contribution in [-0.4, -0.2) is 49.6 Å². The van der Waals surface area contributed by atoms with Crippen molar-refractivity contribution in [3.8, 4) is 0 Å². The van der Waals surface area contributed by atoms with E-state index < -0.39 is 6.10 Å². The highest BCUT2D eigenvalue weighted by atomic mass is 16.5. The molecular weight excluding hydrogens is 186 g/mol. The van der Waals surface area contributed by atoms with E-state index in [0.29, 0.717) is 32.4 Å². The molecule has 14 heavy (non-hydrogen) atoms. The number of aliphatic hydroxyl groups excluding tert-OH is 1. The van der Waals surface area contributed by atoms with E-state index in [0.717, 1.165) is 0 Å². The van der Waals surface area contributed by atoms with Crippen molar-refractivity contribution in [3.63, 3.8) is 0 Å². The monoisotopic (exact) mass is 203 g/mol. The quantitative estimate of drug-likeness (QED) is 0.558. The standard InChI is InChI=1S/C9H17NO4/c1-2-14-9(12)3-8(11)4-10-7-5-13-6-7/h7-8,10-11H,2-6H2,1H3. The molecule has 0 amide bonds. The lowest BCUT2D eigenvalue weighted by atomic mass is 10.2. The van der Waals surface area contributed by atoms with Crippen LogP contribution in [0.1, 0.15) is 13.3 Å². The number of hydrogen-bond acceptors (Lipinski definition) is 5. The summed E-state index contributed by atoms with van der Waals surface area (Å²) < 4.78 is 9.66. The van der Waals surface area contributed by atoms with E-state index >= 15 is 0 Å². The number of carbonyl (C=O) groups is 1. The van der Waals surface area contributed by atoms with Crippen molar-refractivity contribution < 1.29 is 19.4 Å². The minimum Gasteiger partial charge on any atom is -0.466 e. The Bertz CT molecular complexity index is 182. The van der Waals surface area contributed by atoms with Gasteiger partial charge in [0.25, 0.3) is 0 Å². The van der Waals surface area contributed by atoms with Gasteiger partial charge in [0.1, 0.15) is 0 Å². The van der Waals surface area contributed by atoms with E-state index in [9.17, 15) is 9.90 Å². The van der Waals surface area contributed by atoms with Gasteiger partial charge in [0.05, 0.1) is 38.4 Å². The molecule has 1 rings (SSSR count). The second-order valence-corrected chi connectivity index (χ2v) is 3.31. The third-order valence-corrected chi connectivity index (χ3v) is 1.99. The summed E-state index contributed by atoms with van der Waals surface area (Å²) in [4.78, 5) is 10.9. The zero-order chi connectivity index (χ0) is 10.4. The summed E-state index contributed by atoms with van der Waals surface area (Å²) in [5, 5.41) is 12.5. The van der Waals surface area contributed by atoms with Crippen LogP contribution in [0.25, 0.3) is 0 Å². The third kappa shape index (κ3) is 4.04. The van der Waals surface area contributed by atoms with Crippen LogP contribution in [0.5, 0.6) is 0 Å². The molecule has 5 nitrogen and oxygen atoms in total. The summed E-state index contributed by atoms with van der Waals surface area (Å²) in [7, 11) is 0. The Labute approximate surface area is 83.4 Å². The minimum atomic E-state index is -0.672. The van der Waals surface area contributed by atoms with Gasteiger partial charge in [-0.05, 0) is 6.92 Å². The fraction of sp³-hybridized carbons (Fsp3) is 0.889. The number of ether oxygens (including phenoxy) is 2.